The van der Waals surface area contributed by atoms with Crippen LogP contribution in [0.5, 0.6) is 0 Å². The third-order valence-corrected chi connectivity index (χ3v) is 1.32. The van der Waals surface area contributed by atoms with Crippen molar-refractivity contribution in [1.29, 1.82) is 0 Å². The molecule has 0 bridgehead atoms. The van der Waals surface area contributed by atoms with Crippen molar-refractivity contribution in [2.24, 2.45) is 0 Å². The monoisotopic (exact) mass is 158 g/mol. The maximum Gasteiger partial charge on any atom is 0.234 e. The van der Waals surface area contributed by atoms with E-state index in [1.165, 1.54) is 6.92 Å². The summed E-state index contributed by atoms with van der Waals surface area (Å²) in [6.45, 7) is 3.36. The van der Waals surface area contributed by atoms with Crippen molar-refractivity contribution in [3.63, 3.8) is 0 Å². The van der Waals surface area contributed by atoms with Gasteiger partial charge in [0.15, 0.2) is 5.78 Å². The minimum Gasteiger partial charge on any atom is -0.345 e. The summed E-state index contributed by atoms with van der Waals surface area (Å²) in [6, 6.07) is -0.379. The predicted molar refractivity (Wildman–Crippen MR) is 42.2 cm³/mol. The molecule has 11 heavy (non-hydrogen) atoms. The molecule has 4 nitrogen and oxygen atoms in total. The lowest BCUT2D eigenvalue weighted by molar-refractivity contribution is -0.125. The summed E-state index contributed by atoms with van der Waals surface area (Å²) < 4.78 is 0. The third-order valence-electron chi connectivity index (χ3n) is 1.32. The molecule has 1 amide bonds. The minimum absolute atomic E-state index is 0.0329. The van der Waals surface area contributed by atoms with Gasteiger partial charge in [-0.05, 0) is 20.9 Å². The van der Waals surface area contributed by atoms with Gasteiger partial charge < -0.3 is 10.6 Å². The van der Waals surface area contributed by atoms with Crippen molar-refractivity contribution in [2.75, 3.05) is 13.6 Å². The molecule has 0 radical (unpaired) electrons. The Balaban J connectivity index is 3.66. The first-order valence-electron chi connectivity index (χ1n) is 3.52. The maximum absolute atomic E-state index is 10.8. The Morgan fingerprint density at radius 1 is 1.45 bits per heavy atom. The summed E-state index contributed by atoms with van der Waals surface area (Å²) in [7, 11) is 1.68. The van der Waals surface area contributed by atoms with E-state index in [-0.39, 0.29) is 24.3 Å². The van der Waals surface area contributed by atoms with Gasteiger partial charge in [-0.15, -0.1) is 0 Å². The van der Waals surface area contributed by atoms with E-state index in [2.05, 4.69) is 10.6 Å². The van der Waals surface area contributed by atoms with Crippen molar-refractivity contribution >= 4 is 11.7 Å². The number of hydrogen-bond donors (Lipinski definition) is 2. The first kappa shape index (κ1) is 10.1. The number of nitrogens with one attached hydrogen (secondary N) is 2. The highest BCUT2D eigenvalue weighted by atomic mass is 16.2. The molecule has 0 aliphatic carbocycles. The second kappa shape index (κ2) is 4.85. The molecule has 1 atom stereocenters. The van der Waals surface area contributed by atoms with Gasteiger partial charge in [-0.25, -0.2) is 0 Å². The second-order valence-corrected chi connectivity index (χ2v) is 2.43. The van der Waals surface area contributed by atoms with E-state index in [4.69, 9.17) is 0 Å². The summed E-state index contributed by atoms with van der Waals surface area (Å²) >= 11 is 0. The molecule has 0 aliphatic heterocycles. The molecular formula is C7H14N2O2. The Morgan fingerprint density at radius 3 is 2.36 bits per heavy atom. The van der Waals surface area contributed by atoms with Crippen LogP contribution in [0.4, 0.5) is 0 Å². The zero-order valence-electron chi connectivity index (χ0n) is 7.10. The Bertz CT molecular complexity index is 157. The second-order valence-electron chi connectivity index (χ2n) is 2.43. The van der Waals surface area contributed by atoms with Crippen LogP contribution in [0, 0.1) is 0 Å². The molecule has 64 valence electrons. The van der Waals surface area contributed by atoms with Crippen LogP contribution in [0.15, 0.2) is 0 Å². The van der Waals surface area contributed by atoms with Gasteiger partial charge in [0.25, 0.3) is 0 Å². The van der Waals surface area contributed by atoms with Crippen LogP contribution in [0.2, 0.25) is 0 Å². The Kier molecular flexibility index (Phi) is 4.45. The third kappa shape index (κ3) is 4.50. The molecule has 0 aromatic rings. The van der Waals surface area contributed by atoms with E-state index in [0.717, 1.165) is 0 Å². The first-order valence-corrected chi connectivity index (χ1v) is 3.52. The fraction of sp³-hybridized carbons (Fsp3) is 0.714. The predicted octanol–water partition coefficient (Wildman–Crippen LogP) is -0.701. The molecule has 0 rings (SSSR count). The highest BCUT2D eigenvalue weighted by molar-refractivity contribution is 5.87. The van der Waals surface area contributed by atoms with Crippen LogP contribution >= 0.6 is 0 Å². The smallest absolute Gasteiger partial charge is 0.234 e. The molecule has 0 aromatic heterocycles. The zero-order valence-corrected chi connectivity index (χ0v) is 7.10. The number of amides is 1. The molecule has 4 heteroatoms. The van der Waals surface area contributed by atoms with E-state index in [9.17, 15) is 9.59 Å². The molecule has 0 saturated heterocycles. The SMILES string of the molecule is CNCC(=O)NC(C)C(C)=O. The average molecular weight is 158 g/mol. The molecule has 0 aliphatic rings. The van der Waals surface area contributed by atoms with Crippen LogP contribution in [0.1, 0.15) is 13.8 Å². The summed E-state index contributed by atoms with van der Waals surface area (Å²) in [6.07, 6.45) is 0. The van der Waals surface area contributed by atoms with E-state index >= 15 is 0 Å². The van der Waals surface area contributed by atoms with Crippen LogP contribution < -0.4 is 10.6 Å². The maximum atomic E-state index is 10.8. The summed E-state index contributed by atoms with van der Waals surface area (Å²) in [5.41, 5.74) is 0. The number of ketones is 1. The number of hydrogen-bond acceptors (Lipinski definition) is 3. The lowest BCUT2D eigenvalue weighted by Crippen LogP contribution is -2.41. The number of rotatable bonds is 4. The quantitative estimate of drug-likeness (QED) is 0.568. The number of likely N-dealkylation sites (N-methyl/N-ethyl adjacent to an activating group) is 1. The molecule has 1 unspecified atom stereocenters. The van der Waals surface area contributed by atoms with E-state index in [1.54, 1.807) is 14.0 Å². The summed E-state index contributed by atoms with van der Waals surface area (Å²) in [5, 5.41) is 5.22. The Labute approximate surface area is 66.4 Å². The minimum atomic E-state index is -0.379. The van der Waals surface area contributed by atoms with Crippen LogP contribution in [0.25, 0.3) is 0 Å². The first-order chi connectivity index (χ1) is 5.07. The van der Waals surface area contributed by atoms with E-state index in [1.807, 2.05) is 0 Å². The van der Waals surface area contributed by atoms with Crippen LogP contribution in [-0.2, 0) is 9.59 Å². The molecule has 0 heterocycles. The average Bonchev–Trinajstić information content (AvgIpc) is 1.87. The standard InChI is InChI=1S/C7H14N2O2/c1-5(6(2)10)9-7(11)4-8-3/h5,8H,4H2,1-3H3,(H,9,11). The van der Waals surface area contributed by atoms with Crippen molar-refractivity contribution in [2.45, 2.75) is 19.9 Å². The van der Waals surface area contributed by atoms with Gasteiger partial charge >= 0.3 is 0 Å². The van der Waals surface area contributed by atoms with Crippen LogP contribution in [0.3, 0.4) is 0 Å². The number of carbonyl (C=O) groups excluding carboxylic acids is 2. The van der Waals surface area contributed by atoms with Gasteiger partial charge in [-0.1, -0.05) is 0 Å². The van der Waals surface area contributed by atoms with Gasteiger partial charge in [-0.3, -0.25) is 9.59 Å². The number of carbonyl (C=O) groups is 2. The molecular weight excluding hydrogens is 144 g/mol. The molecule has 0 fully saturated rings. The molecule has 0 aromatic carbocycles. The Morgan fingerprint density at radius 2 is 2.00 bits per heavy atom. The van der Waals surface area contributed by atoms with Gasteiger partial charge in [0.05, 0.1) is 12.6 Å². The van der Waals surface area contributed by atoms with Crippen molar-refractivity contribution in [1.82, 2.24) is 10.6 Å². The molecule has 2 N–H and O–H groups in total. The zero-order chi connectivity index (χ0) is 8.85. The number of Topliss-reactive ketones (excluding diaryl/α,β-unsaturated/α-hetero) is 1. The lowest BCUT2D eigenvalue weighted by Gasteiger charge is -2.09. The Hall–Kier alpha value is -0.900. The molecule has 0 saturated carbocycles. The van der Waals surface area contributed by atoms with Crippen LogP contribution in [-0.4, -0.2) is 31.3 Å². The van der Waals surface area contributed by atoms with Gasteiger partial charge in [0.1, 0.15) is 0 Å². The summed E-state index contributed by atoms with van der Waals surface area (Å²) in [4.78, 5) is 21.5. The highest BCUT2D eigenvalue weighted by Gasteiger charge is 2.09. The van der Waals surface area contributed by atoms with Crippen molar-refractivity contribution in [3.8, 4) is 0 Å². The normalized spacial score (nSPS) is 12.3. The van der Waals surface area contributed by atoms with Gasteiger partial charge in [0.2, 0.25) is 5.91 Å². The summed E-state index contributed by atoms with van der Waals surface area (Å²) in [5.74, 6) is -0.190. The van der Waals surface area contributed by atoms with Crippen molar-refractivity contribution < 1.29 is 9.59 Å². The van der Waals surface area contributed by atoms with E-state index in [0.29, 0.717) is 0 Å². The fourth-order valence-electron chi connectivity index (χ4n) is 0.555. The highest BCUT2D eigenvalue weighted by Crippen LogP contribution is 1.81. The van der Waals surface area contributed by atoms with Gasteiger partial charge in [-0.2, -0.15) is 0 Å². The molecule has 0 spiro atoms. The topological polar surface area (TPSA) is 58.2 Å². The van der Waals surface area contributed by atoms with Gasteiger partial charge in [0, 0.05) is 0 Å². The van der Waals surface area contributed by atoms with E-state index < -0.39 is 0 Å². The largest absolute Gasteiger partial charge is 0.345 e. The fourth-order valence-corrected chi connectivity index (χ4v) is 0.555. The lowest BCUT2D eigenvalue weighted by atomic mass is 10.2. The van der Waals surface area contributed by atoms with Crippen molar-refractivity contribution in [3.05, 3.63) is 0 Å².